The van der Waals surface area contributed by atoms with Crippen LogP contribution in [0.5, 0.6) is 0 Å². The van der Waals surface area contributed by atoms with Gasteiger partial charge in [0.05, 0.1) is 6.10 Å². The number of aliphatic hydroxyl groups excluding tert-OH is 1. The number of hydrogen-bond donors (Lipinski definition) is 2. The van der Waals surface area contributed by atoms with Crippen LogP contribution in [0.25, 0.3) is 0 Å². The minimum Gasteiger partial charge on any atom is -0.392 e. The van der Waals surface area contributed by atoms with Crippen LogP contribution in [0.15, 0.2) is 0 Å². The molecule has 0 spiro atoms. The fraction of sp³-hybridized carbons (Fsp3) is 1.00. The molecule has 0 aromatic carbocycles. The van der Waals surface area contributed by atoms with Gasteiger partial charge in [-0.05, 0) is 18.8 Å². The zero-order chi connectivity index (χ0) is 8.97. The van der Waals surface area contributed by atoms with E-state index in [1.165, 1.54) is 25.7 Å². The quantitative estimate of drug-likeness (QED) is 0.672. The summed E-state index contributed by atoms with van der Waals surface area (Å²) in [5, 5.41) is 12.9. The van der Waals surface area contributed by atoms with E-state index in [9.17, 15) is 5.11 Å². The molecule has 2 nitrogen and oxygen atoms in total. The summed E-state index contributed by atoms with van der Waals surface area (Å²) in [5.74, 6) is 0.374. The lowest BCUT2D eigenvalue weighted by atomic mass is 10.1. The van der Waals surface area contributed by atoms with Crippen LogP contribution < -0.4 is 5.32 Å². The molecule has 0 bridgehead atoms. The molecule has 2 N–H and O–H groups in total. The van der Waals surface area contributed by atoms with E-state index in [4.69, 9.17) is 0 Å². The van der Waals surface area contributed by atoms with Crippen molar-refractivity contribution in [1.29, 1.82) is 0 Å². The van der Waals surface area contributed by atoms with Crippen molar-refractivity contribution in [2.75, 3.05) is 6.54 Å². The highest BCUT2D eigenvalue weighted by atomic mass is 16.3. The lowest BCUT2D eigenvalue weighted by Crippen LogP contribution is -2.36. The lowest BCUT2D eigenvalue weighted by Gasteiger charge is -2.18. The predicted molar refractivity (Wildman–Crippen MR) is 51.1 cm³/mol. The molecule has 1 aliphatic carbocycles. The highest BCUT2D eigenvalue weighted by Gasteiger charge is 2.16. The first-order chi connectivity index (χ1) is 5.70. The van der Waals surface area contributed by atoms with Gasteiger partial charge in [0.25, 0.3) is 0 Å². The largest absolute Gasteiger partial charge is 0.392 e. The Labute approximate surface area is 75.4 Å². The monoisotopic (exact) mass is 171 g/mol. The number of nitrogens with one attached hydrogen (secondary N) is 1. The lowest BCUT2D eigenvalue weighted by molar-refractivity contribution is 0.120. The second-order valence-corrected chi connectivity index (χ2v) is 4.20. The molecule has 12 heavy (non-hydrogen) atoms. The third-order valence-corrected chi connectivity index (χ3v) is 2.74. The molecule has 1 saturated carbocycles. The van der Waals surface area contributed by atoms with Gasteiger partial charge >= 0.3 is 0 Å². The fourth-order valence-corrected chi connectivity index (χ4v) is 1.65. The standard InChI is InChI=1S/C10H21NO/c1-8(2)10(12)7-11-9-5-3-4-6-9/h8-12H,3-7H2,1-2H3. The van der Waals surface area contributed by atoms with Gasteiger partial charge in [-0.3, -0.25) is 0 Å². The van der Waals surface area contributed by atoms with Gasteiger partial charge in [0.1, 0.15) is 0 Å². The van der Waals surface area contributed by atoms with E-state index in [0.29, 0.717) is 12.0 Å². The topological polar surface area (TPSA) is 32.3 Å². The summed E-state index contributed by atoms with van der Waals surface area (Å²) in [6.45, 7) is 4.88. The van der Waals surface area contributed by atoms with E-state index in [0.717, 1.165) is 6.54 Å². The van der Waals surface area contributed by atoms with Crippen molar-refractivity contribution in [1.82, 2.24) is 5.32 Å². The maximum Gasteiger partial charge on any atom is 0.0687 e. The Balaban J connectivity index is 2.07. The molecule has 2 heteroatoms. The molecule has 0 aromatic rings. The van der Waals surface area contributed by atoms with Gasteiger partial charge < -0.3 is 10.4 Å². The van der Waals surface area contributed by atoms with Crippen LogP contribution in [0, 0.1) is 5.92 Å². The van der Waals surface area contributed by atoms with E-state index >= 15 is 0 Å². The van der Waals surface area contributed by atoms with Gasteiger partial charge in [0.15, 0.2) is 0 Å². The third-order valence-electron chi connectivity index (χ3n) is 2.74. The molecule has 0 amide bonds. The summed E-state index contributed by atoms with van der Waals surface area (Å²) in [6, 6.07) is 0.679. The normalized spacial score (nSPS) is 22.0. The summed E-state index contributed by atoms with van der Waals surface area (Å²) in [5.41, 5.74) is 0. The molecule has 0 heterocycles. The molecular weight excluding hydrogens is 150 g/mol. The van der Waals surface area contributed by atoms with Crippen LogP contribution >= 0.6 is 0 Å². The Morgan fingerprint density at radius 3 is 2.42 bits per heavy atom. The van der Waals surface area contributed by atoms with E-state index in [1.807, 2.05) is 0 Å². The molecule has 1 aliphatic rings. The first-order valence-corrected chi connectivity index (χ1v) is 5.11. The zero-order valence-electron chi connectivity index (χ0n) is 8.21. The van der Waals surface area contributed by atoms with Gasteiger partial charge in [-0.2, -0.15) is 0 Å². The van der Waals surface area contributed by atoms with Crippen LogP contribution in [0.4, 0.5) is 0 Å². The first kappa shape index (κ1) is 10.0. The Morgan fingerprint density at radius 1 is 1.33 bits per heavy atom. The Hall–Kier alpha value is -0.0800. The van der Waals surface area contributed by atoms with Crippen molar-refractivity contribution in [3.8, 4) is 0 Å². The first-order valence-electron chi connectivity index (χ1n) is 5.11. The van der Waals surface area contributed by atoms with Crippen molar-refractivity contribution < 1.29 is 5.11 Å². The molecule has 1 rings (SSSR count). The maximum absolute atomic E-state index is 9.52. The van der Waals surface area contributed by atoms with Crippen LogP contribution in [0.2, 0.25) is 0 Å². The second-order valence-electron chi connectivity index (χ2n) is 4.20. The van der Waals surface area contributed by atoms with Crippen LogP contribution in [0.1, 0.15) is 39.5 Å². The number of rotatable bonds is 4. The molecule has 1 atom stereocenters. The molecule has 0 radical (unpaired) electrons. The highest BCUT2D eigenvalue weighted by Crippen LogP contribution is 2.17. The molecule has 1 fully saturated rings. The van der Waals surface area contributed by atoms with E-state index in [1.54, 1.807) is 0 Å². The third kappa shape index (κ3) is 3.11. The molecule has 0 aromatic heterocycles. The molecule has 1 unspecified atom stereocenters. The minimum absolute atomic E-state index is 0.175. The van der Waals surface area contributed by atoms with Crippen molar-refractivity contribution in [3.63, 3.8) is 0 Å². The summed E-state index contributed by atoms with van der Waals surface area (Å²) in [6.07, 6.45) is 5.13. The van der Waals surface area contributed by atoms with E-state index in [-0.39, 0.29) is 6.10 Å². The van der Waals surface area contributed by atoms with Crippen LogP contribution in [-0.2, 0) is 0 Å². The van der Waals surface area contributed by atoms with Gasteiger partial charge in [0, 0.05) is 12.6 Å². The van der Waals surface area contributed by atoms with Crippen LogP contribution in [0.3, 0.4) is 0 Å². The van der Waals surface area contributed by atoms with Gasteiger partial charge in [-0.25, -0.2) is 0 Å². The van der Waals surface area contributed by atoms with Gasteiger partial charge in [-0.15, -0.1) is 0 Å². The van der Waals surface area contributed by atoms with Crippen LogP contribution in [-0.4, -0.2) is 23.8 Å². The summed E-state index contributed by atoms with van der Waals surface area (Å²) < 4.78 is 0. The van der Waals surface area contributed by atoms with Gasteiger partial charge in [-0.1, -0.05) is 26.7 Å². The predicted octanol–water partition coefficient (Wildman–Crippen LogP) is 1.54. The van der Waals surface area contributed by atoms with Crippen molar-refractivity contribution >= 4 is 0 Å². The molecule has 72 valence electrons. The Kier molecular flexibility index (Phi) is 4.02. The molecular formula is C10H21NO. The Bertz CT molecular complexity index is 117. The molecule has 0 aliphatic heterocycles. The SMILES string of the molecule is CC(C)C(O)CNC1CCCC1. The van der Waals surface area contributed by atoms with Crippen molar-refractivity contribution in [2.24, 2.45) is 5.92 Å². The fourth-order valence-electron chi connectivity index (χ4n) is 1.65. The van der Waals surface area contributed by atoms with Crippen molar-refractivity contribution in [2.45, 2.75) is 51.7 Å². The number of aliphatic hydroxyl groups is 1. The average Bonchev–Trinajstić information content (AvgIpc) is 2.51. The number of hydrogen-bond acceptors (Lipinski definition) is 2. The minimum atomic E-state index is -0.175. The summed E-state index contributed by atoms with van der Waals surface area (Å²) >= 11 is 0. The average molecular weight is 171 g/mol. The van der Waals surface area contributed by atoms with E-state index < -0.39 is 0 Å². The summed E-state index contributed by atoms with van der Waals surface area (Å²) in [4.78, 5) is 0. The Morgan fingerprint density at radius 2 is 1.92 bits per heavy atom. The second kappa shape index (κ2) is 4.83. The summed E-state index contributed by atoms with van der Waals surface area (Å²) in [7, 11) is 0. The molecule has 0 saturated heterocycles. The van der Waals surface area contributed by atoms with Crippen molar-refractivity contribution in [3.05, 3.63) is 0 Å². The van der Waals surface area contributed by atoms with Gasteiger partial charge in [0.2, 0.25) is 0 Å². The highest BCUT2D eigenvalue weighted by molar-refractivity contribution is 4.75. The maximum atomic E-state index is 9.52. The zero-order valence-corrected chi connectivity index (χ0v) is 8.21. The smallest absolute Gasteiger partial charge is 0.0687 e. The van der Waals surface area contributed by atoms with E-state index in [2.05, 4.69) is 19.2 Å².